The van der Waals surface area contributed by atoms with E-state index in [1.54, 1.807) is 0 Å². The summed E-state index contributed by atoms with van der Waals surface area (Å²) in [6.07, 6.45) is 6.85. The summed E-state index contributed by atoms with van der Waals surface area (Å²) >= 11 is 3.47. The van der Waals surface area contributed by atoms with Gasteiger partial charge in [-0.2, -0.15) is 0 Å². The molecule has 1 nitrogen and oxygen atoms in total. The third-order valence-corrected chi connectivity index (χ3v) is 3.70. The lowest BCUT2D eigenvalue weighted by molar-refractivity contribution is 0.172. The number of hydrogen-bond donors (Lipinski definition) is 0. The van der Waals surface area contributed by atoms with E-state index in [0.717, 1.165) is 5.33 Å². The van der Waals surface area contributed by atoms with Crippen molar-refractivity contribution in [3.63, 3.8) is 0 Å². The molecule has 0 amide bonds. The molecule has 1 aliphatic rings. The maximum Gasteiger partial charge on any atom is 0.0153 e. The highest BCUT2D eigenvalue weighted by Gasteiger charge is 2.30. The molecule has 0 spiro atoms. The Hall–Kier alpha value is 0.440. The first-order chi connectivity index (χ1) is 6.17. The molecule has 13 heavy (non-hydrogen) atoms. The van der Waals surface area contributed by atoms with Crippen molar-refractivity contribution in [2.75, 3.05) is 18.4 Å². The van der Waals surface area contributed by atoms with Crippen molar-refractivity contribution in [2.24, 2.45) is 0 Å². The second kappa shape index (κ2) is 5.35. The van der Waals surface area contributed by atoms with E-state index >= 15 is 0 Å². The lowest BCUT2D eigenvalue weighted by Crippen LogP contribution is -2.38. The summed E-state index contributed by atoms with van der Waals surface area (Å²) in [5, 5.41) is 1.16. The van der Waals surface area contributed by atoms with Crippen LogP contribution in [0.2, 0.25) is 0 Å². The number of nitrogens with zero attached hydrogens (tertiary/aromatic N) is 1. The lowest BCUT2D eigenvalue weighted by atomic mass is 10.0. The van der Waals surface area contributed by atoms with Crippen molar-refractivity contribution in [1.82, 2.24) is 4.90 Å². The number of hydrogen-bond acceptors (Lipinski definition) is 1. The van der Waals surface area contributed by atoms with Crippen molar-refractivity contribution >= 4 is 15.9 Å². The molecule has 0 aromatic rings. The highest BCUT2D eigenvalue weighted by atomic mass is 79.9. The van der Waals surface area contributed by atoms with Gasteiger partial charge >= 0.3 is 0 Å². The average molecular weight is 248 g/mol. The van der Waals surface area contributed by atoms with Gasteiger partial charge in [0.05, 0.1) is 0 Å². The molecule has 1 saturated heterocycles. The van der Waals surface area contributed by atoms with Gasteiger partial charge in [-0.1, -0.05) is 22.4 Å². The molecule has 2 heteroatoms. The van der Waals surface area contributed by atoms with E-state index in [9.17, 15) is 0 Å². The van der Waals surface area contributed by atoms with Gasteiger partial charge in [-0.3, -0.25) is 4.90 Å². The summed E-state index contributed by atoms with van der Waals surface area (Å²) in [5.41, 5.74) is 0.481. The Balaban J connectivity index is 2.14. The highest BCUT2D eigenvalue weighted by molar-refractivity contribution is 9.09. The van der Waals surface area contributed by atoms with Gasteiger partial charge in [0.2, 0.25) is 0 Å². The molecule has 0 radical (unpaired) electrons. The number of halogens is 1. The monoisotopic (exact) mass is 247 g/mol. The van der Waals surface area contributed by atoms with Crippen LogP contribution in [0.3, 0.4) is 0 Å². The predicted octanol–water partition coefficient (Wildman–Crippen LogP) is 3.43. The van der Waals surface area contributed by atoms with Crippen LogP contribution in [-0.4, -0.2) is 28.9 Å². The van der Waals surface area contributed by atoms with Crippen molar-refractivity contribution in [3.8, 4) is 0 Å². The molecule has 0 aliphatic carbocycles. The standard InChI is InChI=1S/C11H22BrN/c1-11(2)7-6-10-13(11)9-5-3-4-8-12/h3-10H2,1-2H3. The van der Waals surface area contributed by atoms with Crippen LogP contribution in [0.15, 0.2) is 0 Å². The van der Waals surface area contributed by atoms with Crippen LogP contribution in [0.4, 0.5) is 0 Å². The quantitative estimate of drug-likeness (QED) is 0.532. The third-order valence-electron chi connectivity index (χ3n) is 3.13. The molecule has 0 aromatic carbocycles. The smallest absolute Gasteiger partial charge is 0.0153 e. The van der Waals surface area contributed by atoms with Gasteiger partial charge in [0.1, 0.15) is 0 Å². The minimum atomic E-state index is 0.481. The summed E-state index contributed by atoms with van der Waals surface area (Å²) in [6, 6.07) is 0. The van der Waals surface area contributed by atoms with E-state index in [1.165, 1.54) is 45.2 Å². The Morgan fingerprint density at radius 1 is 1.23 bits per heavy atom. The maximum atomic E-state index is 3.47. The summed E-state index contributed by atoms with van der Waals surface area (Å²) in [6.45, 7) is 7.39. The molecule has 0 unspecified atom stereocenters. The second-order valence-corrected chi connectivity index (χ2v) is 5.45. The molecule has 0 saturated carbocycles. The van der Waals surface area contributed by atoms with Gasteiger partial charge in [0.15, 0.2) is 0 Å². The zero-order valence-electron chi connectivity index (χ0n) is 8.98. The highest BCUT2D eigenvalue weighted by Crippen LogP contribution is 2.28. The van der Waals surface area contributed by atoms with Crippen LogP contribution < -0.4 is 0 Å². The van der Waals surface area contributed by atoms with Crippen molar-refractivity contribution in [1.29, 1.82) is 0 Å². The van der Waals surface area contributed by atoms with Crippen LogP contribution in [0.5, 0.6) is 0 Å². The fraction of sp³-hybridized carbons (Fsp3) is 1.00. The van der Waals surface area contributed by atoms with E-state index in [1.807, 2.05) is 0 Å². The van der Waals surface area contributed by atoms with Crippen molar-refractivity contribution in [3.05, 3.63) is 0 Å². The number of likely N-dealkylation sites (tertiary alicyclic amines) is 1. The molecule has 0 N–H and O–H groups in total. The normalized spacial score (nSPS) is 22.4. The first-order valence-corrected chi connectivity index (χ1v) is 6.60. The SMILES string of the molecule is CC1(C)CCCN1CCCCCBr. The van der Waals surface area contributed by atoms with E-state index in [4.69, 9.17) is 0 Å². The fourth-order valence-corrected chi connectivity index (χ4v) is 2.55. The summed E-state index contributed by atoms with van der Waals surface area (Å²) in [5.74, 6) is 0. The zero-order valence-corrected chi connectivity index (χ0v) is 10.6. The third kappa shape index (κ3) is 3.59. The molecule has 0 bridgehead atoms. The number of unbranched alkanes of at least 4 members (excludes halogenated alkanes) is 2. The maximum absolute atomic E-state index is 3.47. The average Bonchev–Trinajstić information content (AvgIpc) is 2.40. The molecule has 1 rings (SSSR count). The van der Waals surface area contributed by atoms with E-state index in [-0.39, 0.29) is 0 Å². The minimum absolute atomic E-state index is 0.481. The zero-order chi connectivity index (χ0) is 9.73. The first kappa shape index (κ1) is 11.5. The van der Waals surface area contributed by atoms with Crippen LogP contribution in [0.25, 0.3) is 0 Å². The Kier molecular flexibility index (Phi) is 4.74. The lowest BCUT2D eigenvalue weighted by Gasteiger charge is -2.31. The first-order valence-electron chi connectivity index (χ1n) is 5.48. The molecule has 0 aromatic heterocycles. The van der Waals surface area contributed by atoms with Gasteiger partial charge in [-0.05, 0) is 52.6 Å². The fourth-order valence-electron chi connectivity index (χ4n) is 2.15. The second-order valence-electron chi connectivity index (χ2n) is 4.65. The largest absolute Gasteiger partial charge is 0.298 e. The van der Waals surface area contributed by atoms with Gasteiger partial charge < -0.3 is 0 Å². The predicted molar refractivity (Wildman–Crippen MR) is 62.5 cm³/mol. The van der Waals surface area contributed by atoms with E-state index in [2.05, 4.69) is 34.7 Å². The van der Waals surface area contributed by atoms with E-state index in [0.29, 0.717) is 5.54 Å². The van der Waals surface area contributed by atoms with Crippen LogP contribution in [0, 0.1) is 0 Å². The Bertz CT molecular complexity index is 145. The summed E-state index contributed by atoms with van der Waals surface area (Å²) in [7, 11) is 0. The van der Waals surface area contributed by atoms with Gasteiger partial charge in [0, 0.05) is 10.9 Å². The molecule has 1 fully saturated rings. The van der Waals surface area contributed by atoms with Gasteiger partial charge in [-0.25, -0.2) is 0 Å². The molecule has 78 valence electrons. The van der Waals surface area contributed by atoms with Crippen molar-refractivity contribution < 1.29 is 0 Å². The van der Waals surface area contributed by atoms with Crippen LogP contribution in [0.1, 0.15) is 46.0 Å². The molecule has 0 atom stereocenters. The Morgan fingerprint density at radius 2 is 2.00 bits per heavy atom. The summed E-state index contributed by atoms with van der Waals surface area (Å²) in [4.78, 5) is 2.65. The molecule has 1 heterocycles. The Labute approximate surface area is 91.0 Å². The molecular formula is C11H22BrN. The minimum Gasteiger partial charge on any atom is -0.298 e. The van der Waals surface area contributed by atoms with Crippen LogP contribution in [-0.2, 0) is 0 Å². The Morgan fingerprint density at radius 3 is 2.54 bits per heavy atom. The van der Waals surface area contributed by atoms with Gasteiger partial charge in [-0.15, -0.1) is 0 Å². The molecular weight excluding hydrogens is 226 g/mol. The number of rotatable bonds is 5. The van der Waals surface area contributed by atoms with E-state index < -0.39 is 0 Å². The van der Waals surface area contributed by atoms with Crippen LogP contribution >= 0.6 is 15.9 Å². The number of alkyl halides is 1. The van der Waals surface area contributed by atoms with Crippen molar-refractivity contribution in [2.45, 2.75) is 51.5 Å². The molecule has 1 aliphatic heterocycles. The topological polar surface area (TPSA) is 3.24 Å². The summed E-state index contributed by atoms with van der Waals surface area (Å²) < 4.78 is 0. The van der Waals surface area contributed by atoms with Gasteiger partial charge in [0.25, 0.3) is 0 Å².